The zero-order valence-electron chi connectivity index (χ0n) is 10.8. The molecule has 0 amide bonds. The molecule has 0 bridgehead atoms. The lowest BCUT2D eigenvalue weighted by Crippen LogP contribution is -1.99. The average molecular weight is 264 g/mol. The maximum Gasteiger partial charge on any atom is 0.332 e. The number of rotatable bonds is 5. The number of fused-ring (bicyclic) bond motifs is 1. The van der Waals surface area contributed by atoms with Crippen LogP contribution in [-0.2, 0) is 13.6 Å². The SMILES string of the molecule is COP(OC)OC(C)c1cccc2ccccc12. The molecule has 1 atom stereocenters. The molecule has 0 saturated heterocycles. The molecule has 18 heavy (non-hydrogen) atoms. The smallest absolute Gasteiger partial charge is 0.316 e. The van der Waals surface area contributed by atoms with E-state index in [1.54, 1.807) is 14.2 Å². The summed E-state index contributed by atoms with van der Waals surface area (Å²) in [7, 11) is 1.90. The van der Waals surface area contributed by atoms with Crippen LogP contribution in [0.15, 0.2) is 42.5 Å². The maximum absolute atomic E-state index is 5.76. The molecule has 0 N–H and O–H groups in total. The minimum Gasteiger partial charge on any atom is -0.316 e. The van der Waals surface area contributed by atoms with Crippen LogP contribution < -0.4 is 0 Å². The lowest BCUT2D eigenvalue weighted by atomic mass is 10.0. The van der Waals surface area contributed by atoms with Crippen molar-refractivity contribution in [3.05, 3.63) is 48.0 Å². The Labute approximate surface area is 109 Å². The molecular formula is C14H17O3P. The summed E-state index contributed by atoms with van der Waals surface area (Å²) in [6, 6.07) is 14.5. The highest BCUT2D eigenvalue weighted by molar-refractivity contribution is 7.41. The normalized spacial score (nSPS) is 13.1. The molecule has 4 heteroatoms. The average Bonchev–Trinajstić information content (AvgIpc) is 2.43. The summed E-state index contributed by atoms with van der Waals surface area (Å²) in [5.41, 5.74) is 1.15. The van der Waals surface area contributed by atoms with Crippen LogP contribution in [0, 0.1) is 0 Å². The maximum atomic E-state index is 5.76. The van der Waals surface area contributed by atoms with Gasteiger partial charge in [-0.25, -0.2) is 0 Å². The predicted octanol–water partition coefficient (Wildman–Crippen LogP) is 4.44. The fourth-order valence-electron chi connectivity index (χ4n) is 1.95. The van der Waals surface area contributed by atoms with E-state index in [4.69, 9.17) is 13.6 Å². The molecule has 2 aromatic rings. The zero-order chi connectivity index (χ0) is 13.0. The predicted molar refractivity (Wildman–Crippen MR) is 74.4 cm³/mol. The summed E-state index contributed by atoms with van der Waals surface area (Å²) in [5, 5.41) is 2.42. The Hall–Kier alpha value is -0.990. The van der Waals surface area contributed by atoms with Gasteiger partial charge < -0.3 is 13.6 Å². The van der Waals surface area contributed by atoms with Crippen molar-refractivity contribution in [2.45, 2.75) is 13.0 Å². The van der Waals surface area contributed by atoms with Gasteiger partial charge in [0.2, 0.25) is 0 Å². The molecule has 96 valence electrons. The van der Waals surface area contributed by atoms with E-state index >= 15 is 0 Å². The van der Waals surface area contributed by atoms with E-state index in [1.165, 1.54) is 10.8 Å². The van der Waals surface area contributed by atoms with E-state index in [9.17, 15) is 0 Å². The zero-order valence-corrected chi connectivity index (χ0v) is 11.7. The van der Waals surface area contributed by atoms with E-state index in [1.807, 2.05) is 25.1 Å². The van der Waals surface area contributed by atoms with Gasteiger partial charge in [-0.15, -0.1) is 0 Å². The fourth-order valence-corrected chi connectivity index (χ4v) is 2.64. The molecule has 1 unspecified atom stereocenters. The summed E-state index contributed by atoms with van der Waals surface area (Å²) >= 11 is 0. The van der Waals surface area contributed by atoms with Crippen LogP contribution in [0.25, 0.3) is 10.8 Å². The van der Waals surface area contributed by atoms with Gasteiger partial charge in [0.25, 0.3) is 0 Å². The van der Waals surface area contributed by atoms with Crippen molar-refractivity contribution in [3.63, 3.8) is 0 Å². The van der Waals surface area contributed by atoms with Gasteiger partial charge in [-0.3, -0.25) is 0 Å². The first-order valence-electron chi connectivity index (χ1n) is 5.79. The van der Waals surface area contributed by atoms with Crippen molar-refractivity contribution in [2.75, 3.05) is 14.2 Å². The van der Waals surface area contributed by atoms with Crippen molar-refractivity contribution in [1.29, 1.82) is 0 Å². The van der Waals surface area contributed by atoms with Gasteiger partial charge in [-0.2, -0.15) is 0 Å². The molecule has 0 heterocycles. The molecule has 3 nitrogen and oxygen atoms in total. The molecule has 0 aliphatic heterocycles. The highest BCUT2D eigenvalue weighted by atomic mass is 31.2. The van der Waals surface area contributed by atoms with Crippen molar-refractivity contribution in [2.24, 2.45) is 0 Å². The highest BCUT2D eigenvalue weighted by Crippen LogP contribution is 2.43. The van der Waals surface area contributed by atoms with Gasteiger partial charge in [0.1, 0.15) is 0 Å². The molecule has 2 aromatic carbocycles. The van der Waals surface area contributed by atoms with Gasteiger partial charge in [-0.05, 0) is 23.3 Å². The van der Waals surface area contributed by atoms with E-state index in [0.717, 1.165) is 5.56 Å². The second kappa shape index (κ2) is 6.26. The van der Waals surface area contributed by atoms with E-state index in [2.05, 4.69) is 24.3 Å². The number of hydrogen-bond acceptors (Lipinski definition) is 3. The molecule has 0 fully saturated rings. The quantitative estimate of drug-likeness (QED) is 0.747. The number of benzene rings is 2. The molecule has 2 rings (SSSR count). The summed E-state index contributed by atoms with van der Waals surface area (Å²) < 4.78 is 16.0. The Morgan fingerprint density at radius 2 is 1.61 bits per heavy atom. The van der Waals surface area contributed by atoms with E-state index in [-0.39, 0.29) is 6.10 Å². The van der Waals surface area contributed by atoms with Crippen molar-refractivity contribution < 1.29 is 13.6 Å². The third-order valence-electron chi connectivity index (χ3n) is 2.80. The van der Waals surface area contributed by atoms with Crippen LogP contribution in [0.5, 0.6) is 0 Å². The first-order chi connectivity index (χ1) is 8.76. The molecule has 0 saturated carbocycles. The minimum atomic E-state index is -1.27. The number of hydrogen-bond donors (Lipinski definition) is 0. The lowest BCUT2D eigenvalue weighted by molar-refractivity contribution is 0.158. The molecular weight excluding hydrogens is 247 g/mol. The van der Waals surface area contributed by atoms with E-state index in [0.29, 0.717) is 0 Å². The van der Waals surface area contributed by atoms with Gasteiger partial charge >= 0.3 is 8.60 Å². The lowest BCUT2D eigenvalue weighted by Gasteiger charge is -2.19. The summed E-state index contributed by atoms with van der Waals surface area (Å²) in [6.07, 6.45) is -0.0675. The Bertz CT molecular complexity index is 506. The minimum absolute atomic E-state index is 0.0675. The Morgan fingerprint density at radius 3 is 2.33 bits per heavy atom. The molecule has 0 radical (unpaired) electrons. The second-order valence-electron chi connectivity index (χ2n) is 3.90. The van der Waals surface area contributed by atoms with Gasteiger partial charge in [-0.1, -0.05) is 42.5 Å². The van der Waals surface area contributed by atoms with Crippen LogP contribution in [-0.4, -0.2) is 14.2 Å². The van der Waals surface area contributed by atoms with Crippen molar-refractivity contribution in [1.82, 2.24) is 0 Å². The highest BCUT2D eigenvalue weighted by Gasteiger charge is 2.16. The summed E-state index contributed by atoms with van der Waals surface area (Å²) in [4.78, 5) is 0. The van der Waals surface area contributed by atoms with Crippen LogP contribution in [0.2, 0.25) is 0 Å². The monoisotopic (exact) mass is 264 g/mol. The molecule has 0 aliphatic carbocycles. The van der Waals surface area contributed by atoms with Crippen molar-refractivity contribution >= 4 is 19.4 Å². The third-order valence-corrected chi connectivity index (χ3v) is 3.89. The fraction of sp³-hybridized carbons (Fsp3) is 0.286. The molecule has 0 aromatic heterocycles. The first kappa shape index (κ1) is 13.4. The van der Waals surface area contributed by atoms with Gasteiger partial charge in [0.15, 0.2) is 0 Å². The summed E-state index contributed by atoms with van der Waals surface area (Å²) in [6.45, 7) is 2.01. The van der Waals surface area contributed by atoms with Crippen molar-refractivity contribution in [3.8, 4) is 0 Å². The van der Waals surface area contributed by atoms with Gasteiger partial charge in [0, 0.05) is 14.2 Å². The van der Waals surface area contributed by atoms with Gasteiger partial charge in [0.05, 0.1) is 6.10 Å². The molecule has 0 aliphatic rings. The van der Waals surface area contributed by atoms with E-state index < -0.39 is 8.60 Å². The molecule has 0 spiro atoms. The largest absolute Gasteiger partial charge is 0.332 e. The second-order valence-corrected chi connectivity index (χ2v) is 5.29. The Balaban J connectivity index is 2.30. The summed E-state index contributed by atoms with van der Waals surface area (Å²) in [5.74, 6) is 0. The van der Waals surface area contributed by atoms with Crippen LogP contribution in [0.1, 0.15) is 18.6 Å². The Morgan fingerprint density at radius 1 is 0.944 bits per heavy atom. The van der Waals surface area contributed by atoms with Crippen LogP contribution in [0.4, 0.5) is 0 Å². The Kier molecular flexibility index (Phi) is 4.67. The van der Waals surface area contributed by atoms with Crippen LogP contribution in [0.3, 0.4) is 0 Å². The third kappa shape index (κ3) is 2.88. The van der Waals surface area contributed by atoms with Crippen LogP contribution >= 0.6 is 8.60 Å². The first-order valence-corrected chi connectivity index (χ1v) is 6.88. The topological polar surface area (TPSA) is 27.7 Å². The standard InChI is InChI=1S/C14H17O3P/c1-11(17-18(15-2)16-3)13-10-6-8-12-7-4-5-9-14(12)13/h4-11H,1-3H3.